The number of hydrogen-bond donors (Lipinski definition) is 3. The molecule has 1 saturated heterocycles. The number of carboxylic acid groups (broad SMARTS) is 1. The van der Waals surface area contributed by atoms with Gasteiger partial charge in [0.25, 0.3) is 0 Å². The fourth-order valence-corrected chi connectivity index (χ4v) is 2.57. The molecule has 1 amide bonds. The number of carboxylic acids is 1. The number of nitrogens with one attached hydrogen (secondary N) is 2. The third kappa shape index (κ3) is 2.64. The summed E-state index contributed by atoms with van der Waals surface area (Å²) in [6, 6.07) is -0.133. The smallest absolute Gasteiger partial charge is 0.333 e. The maximum absolute atomic E-state index is 11.2. The van der Waals surface area contributed by atoms with Crippen LogP contribution in [0.3, 0.4) is 0 Å². The lowest BCUT2D eigenvalue weighted by Crippen LogP contribution is -2.47. The van der Waals surface area contributed by atoms with E-state index in [1.807, 2.05) is 11.8 Å². The molecule has 22 heavy (non-hydrogen) atoms. The average molecular weight is 303 g/mol. The molecule has 0 bridgehead atoms. The van der Waals surface area contributed by atoms with Crippen LogP contribution in [-0.2, 0) is 16.0 Å². The van der Waals surface area contributed by atoms with Gasteiger partial charge in [-0.2, -0.15) is 0 Å². The number of carbonyl (C=O) groups excluding carboxylic acids is 1. The van der Waals surface area contributed by atoms with Gasteiger partial charge in [0.15, 0.2) is 0 Å². The monoisotopic (exact) mass is 303 g/mol. The van der Waals surface area contributed by atoms with Crippen molar-refractivity contribution in [3.05, 3.63) is 29.4 Å². The van der Waals surface area contributed by atoms with Gasteiger partial charge in [0.1, 0.15) is 11.6 Å². The van der Waals surface area contributed by atoms with Gasteiger partial charge in [0.05, 0.1) is 18.2 Å². The Kier molecular flexibility index (Phi) is 3.76. The fraction of sp³-hybridized carbons (Fsp3) is 0.429. The molecule has 1 aromatic heterocycles. The SMILES string of the molecule is CCN1C=C(C(=O)O)Cc2cnc(C3CNC(=O)CN3)nc21. The molecule has 0 spiro atoms. The summed E-state index contributed by atoms with van der Waals surface area (Å²) in [6.07, 6.45) is 3.61. The summed E-state index contributed by atoms with van der Waals surface area (Å²) in [5, 5.41) is 15.0. The lowest BCUT2D eigenvalue weighted by atomic mass is 10.0. The molecule has 116 valence electrons. The Labute approximate surface area is 127 Å². The number of aliphatic carboxylic acids is 1. The summed E-state index contributed by atoms with van der Waals surface area (Å²) in [5.74, 6) is 0.365. The van der Waals surface area contributed by atoms with Gasteiger partial charge in [-0.1, -0.05) is 0 Å². The summed E-state index contributed by atoms with van der Waals surface area (Å²) < 4.78 is 0. The summed E-state index contributed by atoms with van der Waals surface area (Å²) in [6.45, 7) is 3.24. The largest absolute Gasteiger partial charge is 0.478 e. The first-order valence-corrected chi connectivity index (χ1v) is 7.15. The Morgan fingerprint density at radius 1 is 1.55 bits per heavy atom. The zero-order valence-electron chi connectivity index (χ0n) is 12.2. The summed E-state index contributed by atoms with van der Waals surface area (Å²) in [7, 11) is 0. The molecule has 1 unspecified atom stereocenters. The minimum absolute atomic E-state index is 0.0431. The molecule has 0 saturated carbocycles. The van der Waals surface area contributed by atoms with E-state index in [2.05, 4.69) is 20.6 Å². The highest BCUT2D eigenvalue weighted by atomic mass is 16.4. The summed E-state index contributed by atoms with van der Waals surface area (Å²) in [5.41, 5.74) is 1.12. The maximum Gasteiger partial charge on any atom is 0.333 e. The van der Waals surface area contributed by atoms with Gasteiger partial charge in [-0.3, -0.25) is 10.1 Å². The van der Waals surface area contributed by atoms with Crippen molar-refractivity contribution in [2.75, 3.05) is 24.5 Å². The van der Waals surface area contributed by atoms with E-state index in [0.717, 1.165) is 11.4 Å². The lowest BCUT2D eigenvalue weighted by Gasteiger charge is -2.28. The normalized spacial score (nSPS) is 21.0. The van der Waals surface area contributed by atoms with Crippen molar-refractivity contribution in [2.24, 2.45) is 0 Å². The van der Waals surface area contributed by atoms with Crippen LogP contribution >= 0.6 is 0 Å². The predicted octanol–water partition coefficient (Wildman–Crippen LogP) is -0.412. The second kappa shape index (κ2) is 5.72. The molecule has 3 rings (SSSR count). The standard InChI is InChI=1S/C14H17N5O3/c1-2-19-7-9(14(21)22)3-8-4-17-12(18-13(8)19)10-5-16-11(20)6-15-10/h4,7,10,15H,2-3,5-6H2,1H3,(H,16,20)(H,21,22). The second-order valence-electron chi connectivity index (χ2n) is 5.24. The van der Waals surface area contributed by atoms with Crippen molar-refractivity contribution < 1.29 is 14.7 Å². The molecule has 1 fully saturated rings. The van der Waals surface area contributed by atoms with Gasteiger partial charge in [-0.25, -0.2) is 14.8 Å². The van der Waals surface area contributed by atoms with E-state index in [4.69, 9.17) is 0 Å². The minimum Gasteiger partial charge on any atom is -0.478 e. The molecule has 3 N–H and O–H groups in total. The molecule has 8 nitrogen and oxygen atoms in total. The number of amides is 1. The molecule has 3 heterocycles. The first-order valence-electron chi connectivity index (χ1n) is 7.15. The lowest BCUT2D eigenvalue weighted by molar-refractivity contribution is -0.132. The van der Waals surface area contributed by atoms with Gasteiger partial charge in [-0.05, 0) is 6.92 Å². The van der Waals surface area contributed by atoms with E-state index in [-0.39, 0.29) is 18.5 Å². The molecular formula is C14H17N5O3. The minimum atomic E-state index is -0.926. The van der Waals surface area contributed by atoms with Gasteiger partial charge in [0.2, 0.25) is 5.91 Å². The summed E-state index contributed by atoms with van der Waals surface area (Å²) >= 11 is 0. The highest BCUT2D eigenvalue weighted by Gasteiger charge is 2.26. The zero-order valence-corrected chi connectivity index (χ0v) is 12.2. The van der Waals surface area contributed by atoms with Crippen molar-refractivity contribution in [2.45, 2.75) is 19.4 Å². The average Bonchev–Trinajstić information content (AvgIpc) is 2.54. The number of fused-ring (bicyclic) bond motifs is 1. The number of carbonyl (C=O) groups is 2. The van der Waals surface area contributed by atoms with Gasteiger partial charge in [0, 0.05) is 37.5 Å². The number of aromatic nitrogens is 2. The van der Waals surface area contributed by atoms with Crippen molar-refractivity contribution >= 4 is 17.7 Å². The van der Waals surface area contributed by atoms with Crippen molar-refractivity contribution in [1.82, 2.24) is 20.6 Å². The number of piperazine rings is 1. The van der Waals surface area contributed by atoms with Crippen LogP contribution in [0.5, 0.6) is 0 Å². The molecule has 1 atom stereocenters. The van der Waals surface area contributed by atoms with Crippen LogP contribution in [0.1, 0.15) is 24.4 Å². The van der Waals surface area contributed by atoms with E-state index < -0.39 is 5.97 Å². The first kappa shape index (κ1) is 14.5. The summed E-state index contributed by atoms with van der Waals surface area (Å²) in [4.78, 5) is 33.1. The van der Waals surface area contributed by atoms with Gasteiger partial charge >= 0.3 is 5.97 Å². The Morgan fingerprint density at radius 3 is 3.00 bits per heavy atom. The van der Waals surface area contributed by atoms with E-state index in [1.165, 1.54) is 0 Å². The third-order valence-electron chi connectivity index (χ3n) is 3.76. The van der Waals surface area contributed by atoms with Crippen LogP contribution in [-0.4, -0.2) is 46.6 Å². The van der Waals surface area contributed by atoms with Crippen LogP contribution in [0.4, 0.5) is 5.82 Å². The Hall–Kier alpha value is -2.48. The second-order valence-corrected chi connectivity index (χ2v) is 5.24. The maximum atomic E-state index is 11.2. The van der Waals surface area contributed by atoms with Crippen LogP contribution in [0.2, 0.25) is 0 Å². The van der Waals surface area contributed by atoms with Crippen LogP contribution < -0.4 is 15.5 Å². The Bertz CT molecular complexity index is 648. The Balaban J connectivity index is 1.89. The molecular weight excluding hydrogens is 286 g/mol. The molecule has 2 aliphatic heterocycles. The number of rotatable bonds is 3. The molecule has 0 aromatic carbocycles. The highest BCUT2D eigenvalue weighted by molar-refractivity contribution is 5.89. The van der Waals surface area contributed by atoms with Crippen LogP contribution in [0, 0.1) is 0 Å². The van der Waals surface area contributed by atoms with Crippen molar-refractivity contribution in [1.29, 1.82) is 0 Å². The van der Waals surface area contributed by atoms with Crippen molar-refractivity contribution in [3.63, 3.8) is 0 Å². The molecule has 2 aliphatic rings. The molecule has 0 radical (unpaired) electrons. The van der Waals surface area contributed by atoms with E-state index >= 15 is 0 Å². The molecule has 8 heteroatoms. The topological polar surface area (TPSA) is 107 Å². The van der Waals surface area contributed by atoms with Crippen molar-refractivity contribution in [3.8, 4) is 0 Å². The quantitative estimate of drug-likeness (QED) is 0.696. The molecule has 1 aromatic rings. The van der Waals surface area contributed by atoms with E-state index in [9.17, 15) is 14.7 Å². The first-order chi connectivity index (χ1) is 10.6. The highest BCUT2D eigenvalue weighted by Crippen LogP contribution is 2.27. The Morgan fingerprint density at radius 2 is 2.36 bits per heavy atom. The van der Waals surface area contributed by atoms with E-state index in [0.29, 0.717) is 30.9 Å². The number of nitrogens with zero attached hydrogens (tertiary/aromatic N) is 3. The van der Waals surface area contributed by atoms with Gasteiger partial charge in [-0.15, -0.1) is 0 Å². The number of anilines is 1. The van der Waals surface area contributed by atoms with Gasteiger partial charge < -0.3 is 15.3 Å². The fourth-order valence-electron chi connectivity index (χ4n) is 2.57. The number of hydrogen-bond acceptors (Lipinski definition) is 6. The van der Waals surface area contributed by atoms with Crippen LogP contribution in [0.15, 0.2) is 18.0 Å². The van der Waals surface area contributed by atoms with E-state index in [1.54, 1.807) is 12.4 Å². The third-order valence-corrected chi connectivity index (χ3v) is 3.76. The van der Waals surface area contributed by atoms with Crippen LogP contribution in [0.25, 0.3) is 0 Å². The molecule has 0 aliphatic carbocycles. The zero-order chi connectivity index (χ0) is 15.7. The predicted molar refractivity (Wildman–Crippen MR) is 78.2 cm³/mol.